The summed E-state index contributed by atoms with van der Waals surface area (Å²) in [5.74, 6) is -0.176. The summed E-state index contributed by atoms with van der Waals surface area (Å²) in [6.45, 7) is 9.99. The van der Waals surface area contributed by atoms with Gasteiger partial charge in [0.2, 0.25) is 0 Å². The molecule has 1 aliphatic rings. The Labute approximate surface area is 175 Å². The molecule has 1 N–H and O–H groups in total. The van der Waals surface area contributed by atoms with Crippen LogP contribution >= 0.6 is 23.8 Å². The summed E-state index contributed by atoms with van der Waals surface area (Å²) in [7, 11) is 0. The SMILES string of the molecule is C=CCN1C(=O)/C(=C\c2cc(Cl)c(O[C@@H](C)CC)c(OCC)c2)C(=O)NC1=S. The first-order chi connectivity index (χ1) is 13.3. The van der Waals surface area contributed by atoms with E-state index in [2.05, 4.69) is 11.9 Å². The molecule has 2 amide bonds. The molecule has 0 bridgehead atoms. The standard InChI is InChI=1S/C20H23ClN2O4S/c1-5-8-23-19(25)14(18(24)22-20(23)28)9-13-10-15(21)17(27-12(4)6-2)16(11-13)26-7-3/h5,9-12H,1,6-8H2,2-4H3,(H,22,24,28)/b14-9-/t12-/m0/s1. The van der Waals surface area contributed by atoms with Crippen molar-refractivity contribution in [2.75, 3.05) is 13.2 Å². The van der Waals surface area contributed by atoms with Gasteiger partial charge in [-0.2, -0.15) is 0 Å². The summed E-state index contributed by atoms with van der Waals surface area (Å²) in [5.41, 5.74) is 0.486. The molecule has 0 radical (unpaired) electrons. The second-order valence-corrected chi connectivity index (χ2v) is 6.92. The van der Waals surface area contributed by atoms with Crippen LogP contribution in [0.4, 0.5) is 0 Å². The minimum absolute atomic E-state index is 0.0416. The van der Waals surface area contributed by atoms with Crippen molar-refractivity contribution >= 4 is 46.8 Å². The highest BCUT2D eigenvalue weighted by Gasteiger charge is 2.32. The van der Waals surface area contributed by atoms with Gasteiger partial charge >= 0.3 is 0 Å². The fourth-order valence-corrected chi connectivity index (χ4v) is 3.00. The zero-order valence-corrected chi connectivity index (χ0v) is 17.7. The Morgan fingerprint density at radius 3 is 2.68 bits per heavy atom. The second kappa shape index (κ2) is 9.71. The minimum Gasteiger partial charge on any atom is -0.490 e. The molecule has 28 heavy (non-hydrogen) atoms. The molecule has 1 aromatic rings. The molecule has 1 heterocycles. The third-order valence-corrected chi connectivity index (χ3v) is 4.64. The normalized spacial score (nSPS) is 16.8. The van der Waals surface area contributed by atoms with E-state index in [4.69, 9.17) is 33.3 Å². The average molecular weight is 423 g/mol. The molecule has 2 rings (SSSR count). The largest absolute Gasteiger partial charge is 0.490 e. The first-order valence-corrected chi connectivity index (χ1v) is 9.73. The molecular weight excluding hydrogens is 400 g/mol. The number of benzene rings is 1. The van der Waals surface area contributed by atoms with Gasteiger partial charge < -0.3 is 9.47 Å². The van der Waals surface area contributed by atoms with E-state index >= 15 is 0 Å². The summed E-state index contributed by atoms with van der Waals surface area (Å²) < 4.78 is 11.5. The third kappa shape index (κ3) is 4.91. The van der Waals surface area contributed by atoms with E-state index in [9.17, 15) is 9.59 Å². The summed E-state index contributed by atoms with van der Waals surface area (Å²) in [6.07, 6.45) is 3.75. The van der Waals surface area contributed by atoms with E-state index in [1.54, 1.807) is 12.1 Å². The molecule has 1 aliphatic heterocycles. The lowest BCUT2D eigenvalue weighted by molar-refractivity contribution is -0.128. The van der Waals surface area contributed by atoms with Gasteiger partial charge in [0.1, 0.15) is 5.57 Å². The Morgan fingerprint density at radius 2 is 2.07 bits per heavy atom. The van der Waals surface area contributed by atoms with Crippen LogP contribution in [0.2, 0.25) is 5.02 Å². The summed E-state index contributed by atoms with van der Waals surface area (Å²) in [4.78, 5) is 26.2. The second-order valence-electron chi connectivity index (χ2n) is 6.12. The average Bonchev–Trinajstić information content (AvgIpc) is 2.65. The van der Waals surface area contributed by atoms with E-state index < -0.39 is 11.8 Å². The van der Waals surface area contributed by atoms with Gasteiger partial charge in [0.15, 0.2) is 16.6 Å². The molecule has 0 saturated carbocycles. The molecule has 1 saturated heterocycles. The number of hydrogen-bond acceptors (Lipinski definition) is 5. The van der Waals surface area contributed by atoms with E-state index in [0.717, 1.165) is 6.42 Å². The van der Waals surface area contributed by atoms with E-state index in [1.807, 2.05) is 20.8 Å². The maximum Gasteiger partial charge on any atom is 0.265 e. The maximum atomic E-state index is 12.7. The molecule has 0 aromatic heterocycles. The van der Waals surface area contributed by atoms with Crippen LogP contribution in [0.25, 0.3) is 6.08 Å². The highest BCUT2D eigenvalue weighted by Crippen LogP contribution is 2.38. The van der Waals surface area contributed by atoms with Gasteiger partial charge in [0.25, 0.3) is 11.8 Å². The Morgan fingerprint density at radius 1 is 1.36 bits per heavy atom. The number of carbonyl (C=O) groups is 2. The lowest BCUT2D eigenvalue weighted by Crippen LogP contribution is -2.53. The molecule has 8 heteroatoms. The lowest BCUT2D eigenvalue weighted by Gasteiger charge is -2.27. The molecule has 0 unspecified atom stereocenters. The fourth-order valence-electron chi connectivity index (χ4n) is 2.49. The Balaban J connectivity index is 2.46. The van der Waals surface area contributed by atoms with Gasteiger partial charge in [-0.25, -0.2) is 0 Å². The number of rotatable bonds is 8. The molecule has 0 aliphatic carbocycles. The topological polar surface area (TPSA) is 67.9 Å². The number of nitrogens with one attached hydrogen (secondary N) is 1. The molecular formula is C20H23ClN2O4S. The number of thiocarbonyl (C=S) groups is 1. The molecule has 1 fully saturated rings. The van der Waals surface area contributed by atoms with Crippen LogP contribution in [0, 0.1) is 0 Å². The number of amides is 2. The van der Waals surface area contributed by atoms with Crippen molar-refractivity contribution in [3.05, 3.63) is 40.9 Å². The van der Waals surface area contributed by atoms with Gasteiger partial charge in [0, 0.05) is 6.54 Å². The fraction of sp³-hybridized carbons (Fsp3) is 0.350. The van der Waals surface area contributed by atoms with Crippen LogP contribution in [0.5, 0.6) is 11.5 Å². The van der Waals surface area contributed by atoms with Crippen LogP contribution in [-0.4, -0.2) is 41.1 Å². The number of ether oxygens (including phenoxy) is 2. The van der Waals surface area contributed by atoms with Gasteiger partial charge in [-0.1, -0.05) is 24.6 Å². The molecule has 1 aromatic carbocycles. The monoisotopic (exact) mass is 422 g/mol. The number of carbonyl (C=O) groups excluding carboxylic acids is 2. The van der Waals surface area contributed by atoms with Crippen LogP contribution < -0.4 is 14.8 Å². The van der Waals surface area contributed by atoms with Crippen molar-refractivity contribution < 1.29 is 19.1 Å². The van der Waals surface area contributed by atoms with Crippen LogP contribution in [-0.2, 0) is 9.59 Å². The van der Waals surface area contributed by atoms with E-state index in [1.165, 1.54) is 17.1 Å². The van der Waals surface area contributed by atoms with E-state index in [0.29, 0.717) is 28.7 Å². The number of halogens is 1. The first-order valence-electron chi connectivity index (χ1n) is 8.95. The van der Waals surface area contributed by atoms with Gasteiger partial charge in [-0.15, -0.1) is 6.58 Å². The molecule has 150 valence electrons. The van der Waals surface area contributed by atoms with Crippen LogP contribution in [0.1, 0.15) is 32.8 Å². The van der Waals surface area contributed by atoms with E-state index in [-0.39, 0.29) is 23.3 Å². The maximum absolute atomic E-state index is 12.7. The molecule has 0 spiro atoms. The number of nitrogens with zero attached hydrogens (tertiary/aromatic N) is 1. The Hall–Kier alpha value is -2.38. The first kappa shape index (κ1) is 21.9. The predicted octanol–water partition coefficient (Wildman–Crippen LogP) is 3.73. The van der Waals surface area contributed by atoms with Crippen LogP contribution in [0.15, 0.2) is 30.4 Å². The summed E-state index contributed by atoms with van der Waals surface area (Å²) in [6, 6.07) is 3.31. The highest BCUT2D eigenvalue weighted by molar-refractivity contribution is 7.80. The van der Waals surface area contributed by atoms with Crippen molar-refractivity contribution in [1.82, 2.24) is 10.2 Å². The van der Waals surface area contributed by atoms with Gasteiger partial charge in [-0.05, 0) is 56.3 Å². The third-order valence-electron chi connectivity index (χ3n) is 4.03. The van der Waals surface area contributed by atoms with Gasteiger partial charge in [-0.3, -0.25) is 19.8 Å². The minimum atomic E-state index is -0.565. The van der Waals surface area contributed by atoms with Crippen molar-refractivity contribution in [3.63, 3.8) is 0 Å². The molecule has 1 atom stereocenters. The quantitative estimate of drug-likeness (QED) is 0.299. The Bertz CT molecular complexity index is 838. The zero-order chi connectivity index (χ0) is 20.8. The van der Waals surface area contributed by atoms with Crippen molar-refractivity contribution in [2.24, 2.45) is 0 Å². The Kier molecular flexibility index (Phi) is 7.60. The van der Waals surface area contributed by atoms with Crippen molar-refractivity contribution in [3.8, 4) is 11.5 Å². The molecule has 6 nitrogen and oxygen atoms in total. The van der Waals surface area contributed by atoms with Gasteiger partial charge in [0.05, 0.1) is 17.7 Å². The van der Waals surface area contributed by atoms with Crippen molar-refractivity contribution in [1.29, 1.82) is 0 Å². The smallest absolute Gasteiger partial charge is 0.265 e. The zero-order valence-electron chi connectivity index (χ0n) is 16.1. The predicted molar refractivity (Wildman–Crippen MR) is 114 cm³/mol. The van der Waals surface area contributed by atoms with Crippen LogP contribution in [0.3, 0.4) is 0 Å². The summed E-state index contributed by atoms with van der Waals surface area (Å²) >= 11 is 11.4. The number of hydrogen-bond donors (Lipinski definition) is 1. The summed E-state index contributed by atoms with van der Waals surface area (Å²) in [5, 5.41) is 2.89. The van der Waals surface area contributed by atoms with Crippen molar-refractivity contribution in [2.45, 2.75) is 33.3 Å². The lowest BCUT2D eigenvalue weighted by atomic mass is 10.1. The highest BCUT2D eigenvalue weighted by atomic mass is 35.5.